The number of fused-ring (bicyclic) bond motifs is 1. The van der Waals surface area contributed by atoms with E-state index < -0.39 is 16.0 Å². The first-order chi connectivity index (χ1) is 13.9. The second-order valence-corrected chi connectivity index (χ2v) is 10.9. The Bertz CT molecular complexity index is 811. The highest BCUT2D eigenvalue weighted by Crippen LogP contribution is 2.37. The third-order valence-electron chi connectivity index (χ3n) is 5.93. The second kappa shape index (κ2) is 9.87. The van der Waals surface area contributed by atoms with E-state index in [1.54, 1.807) is 0 Å². The number of rotatable bonds is 9. The van der Waals surface area contributed by atoms with E-state index in [2.05, 4.69) is 23.5 Å². The van der Waals surface area contributed by atoms with Crippen LogP contribution in [-0.2, 0) is 32.5 Å². The van der Waals surface area contributed by atoms with E-state index >= 15 is 0 Å². The number of thiophene rings is 1. The van der Waals surface area contributed by atoms with Gasteiger partial charge in [-0.2, -0.15) is 0 Å². The van der Waals surface area contributed by atoms with Crippen LogP contribution in [0.25, 0.3) is 0 Å². The Labute approximate surface area is 177 Å². The molecular weight excluding hydrogens is 412 g/mol. The van der Waals surface area contributed by atoms with E-state index in [-0.39, 0.29) is 22.4 Å². The van der Waals surface area contributed by atoms with Crippen LogP contribution in [0.15, 0.2) is 4.21 Å². The van der Waals surface area contributed by atoms with Crippen LogP contribution in [0.1, 0.15) is 60.3 Å². The molecule has 0 aromatic carbocycles. The van der Waals surface area contributed by atoms with Crippen LogP contribution >= 0.6 is 11.3 Å². The molecule has 0 amide bonds. The molecule has 0 spiro atoms. The molecule has 3 rings (SSSR count). The molecule has 1 atom stereocenters. The summed E-state index contributed by atoms with van der Waals surface area (Å²) in [4.78, 5) is 15.8. The quantitative estimate of drug-likeness (QED) is 0.590. The highest BCUT2D eigenvalue weighted by atomic mass is 32.2. The summed E-state index contributed by atoms with van der Waals surface area (Å²) in [6, 6.07) is 0. The zero-order valence-electron chi connectivity index (χ0n) is 17.5. The molecule has 1 N–H and O–H groups in total. The molecule has 2 aliphatic rings. The van der Waals surface area contributed by atoms with Crippen LogP contribution in [0.2, 0.25) is 0 Å². The summed E-state index contributed by atoms with van der Waals surface area (Å²) in [6.45, 7) is 7.81. The summed E-state index contributed by atoms with van der Waals surface area (Å²) in [5.41, 5.74) is 1.05. The van der Waals surface area contributed by atoms with E-state index in [0.717, 1.165) is 49.2 Å². The van der Waals surface area contributed by atoms with Crippen LogP contribution < -0.4 is 4.72 Å². The van der Waals surface area contributed by atoms with Gasteiger partial charge in [-0.25, -0.2) is 17.9 Å². The number of hydrogen-bond donors (Lipinski definition) is 1. The van der Waals surface area contributed by atoms with Gasteiger partial charge in [0, 0.05) is 37.7 Å². The maximum absolute atomic E-state index is 13.0. The minimum Gasteiger partial charge on any atom is -0.465 e. The Balaban J connectivity index is 1.84. The molecule has 1 aromatic heterocycles. The molecule has 3 heterocycles. The lowest BCUT2D eigenvalue weighted by atomic mass is 9.99. The third-order valence-corrected chi connectivity index (χ3v) is 9.09. The number of hydrogen-bond acceptors (Lipinski definition) is 7. The van der Waals surface area contributed by atoms with Gasteiger partial charge < -0.3 is 9.47 Å². The molecule has 164 valence electrons. The first kappa shape index (κ1) is 22.7. The van der Waals surface area contributed by atoms with Gasteiger partial charge in [-0.1, -0.05) is 26.7 Å². The van der Waals surface area contributed by atoms with Crippen molar-refractivity contribution in [3.8, 4) is 0 Å². The van der Waals surface area contributed by atoms with Crippen LogP contribution in [0.5, 0.6) is 0 Å². The van der Waals surface area contributed by atoms with Crippen LogP contribution in [0.3, 0.4) is 0 Å². The lowest BCUT2D eigenvalue weighted by Crippen LogP contribution is -2.34. The third kappa shape index (κ3) is 5.19. The first-order valence-electron chi connectivity index (χ1n) is 10.5. The van der Waals surface area contributed by atoms with Gasteiger partial charge in [0.2, 0.25) is 0 Å². The van der Waals surface area contributed by atoms with Crippen molar-refractivity contribution < 1.29 is 22.7 Å². The maximum atomic E-state index is 13.0. The van der Waals surface area contributed by atoms with E-state index in [9.17, 15) is 13.2 Å². The van der Waals surface area contributed by atoms with E-state index in [1.165, 1.54) is 18.4 Å². The summed E-state index contributed by atoms with van der Waals surface area (Å²) in [7, 11) is -2.51. The van der Waals surface area contributed by atoms with Crippen molar-refractivity contribution in [3.63, 3.8) is 0 Å². The summed E-state index contributed by atoms with van der Waals surface area (Å²) in [5, 5.41) is 0. The van der Waals surface area contributed by atoms with Gasteiger partial charge in [-0.3, -0.25) is 4.90 Å². The summed E-state index contributed by atoms with van der Waals surface area (Å²) in [6.07, 6.45) is 4.61. The number of carbonyl (C=O) groups excluding carboxylic acids is 1. The van der Waals surface area contributed by atoms with Crippen molar-refractivity contribution in [1.82, 2.24) is 9.62 Å². The van der Waals surface area contributed by atoms with E-state index in [4.69, 9.17) is 9.47 Å². The number of nitrogens with zero attached hydrogens (tertiary/aromatic N) is 1. The zero-order chi connectivity index (χ0) is 21.0. The Kier molecular flexibility index (Phi) is 7.72. The fraction of sp³-hybridized carbons (Fsp3) is 0.750. The Hall–Kier alpha value is -1.00. The van der Waals surface area contributed by atoms with Crippen molar-refractivity contribution in [2.45, 2.75) is 62.8 Å². The van der Waals surface area contributed by atoms with Gasteiger partial charge in [-0.05, 0) is 30.7 Å². The molecular formula is C20H32N2O5S2. The van der Waals surface area contributed by atoms with Gasteiger partial charge in [-0.15, -0.1) is 11.3 Å². The lowest BCUT2D eigenvalue weighted by molar-refractivity contribution is 0.0595. The Morgan fingerprint density at radius 1 is 1.38 bits per heavy atom. The van der Waals surface area contributed by atoms with Gasteiger partial charge >= 0.3 is 5.97 Å². The average molecular weight is 445 g/mol. The van der Waals surface area contributed by atoms with Gasteiger partial charge in [0.1, 0.15) is 4.21 Å². The largest absolute Gasteiger partial charge is 0.465 e. The molecule has 0 aliphatic carbocycles. The molecule has 1 unspecified atom stereocenters. The number of nitrogens with one attached hydrogen (secondary N) is 1. The fourth-order valence-corrected chi connectivity index (χ4v) is 7.11. The van der Waals surface area contributed by atoms with Crippen LogP contribution in [0.4, 0.5) is 0 Å². The topological polar surface area (TPSA) is 84.9 Å². The number of ether oxygens (including phenoxy) is 2. The van der Waals surface area contributed by atoms with Gasteiger partial charge in [0.15, 0.2) is 0 Å². The number of esters is 1. The lowest BCUT2D eigenvalue weighted by Gasteiger charge is -2.30. The summed E-state index contributed by atoms with van der Waals surface area (Å²) in [5.74, 6) is 0.0568. The Morgan fingerprint density at radius 3 is 2.76 bits per heavy atom. The molecule has 1 fully saturated rings. The van der Waals surface area contributed by atoms with E-state index in [0.29, 0.717) is 25.5 Å². The molecule has 0 bridgehead atoms. The predicted octanol–water partition coefficient (Wildman–Crippen LogP) is 2.79. The molecule has 0 radical (unpaired) electrons. The second-order valence-electron chi connectivity index (χ2n) is 7.81. The minimum atomic E-state index is -3.81. The molecule has 1 aromatic rings. The maximum Gasteiger partial charge on any atom is 0.340 e. The van der Waals surface area contributed by atoms with Crippen molar-refractivity contribution in [2.24, 2.45) is 5.92 Å². The van der Waals surface area contributed by atoms with Crippen molar-refractivity contribution in [2.75, 3.05) is 33.4 Å². The minimum absolute atomic E-state index is 0.0803. The SMILES string of the molecule is CCC(CC)CN1CCc2c(sc(S(=O)(=O)NCC3CCCO3)c2C(=O)OC)C1. The molecule has 0 saturated carbocycles. The number of sulfonamides is 1. The fourth-order valence-electron chi connectivity index (χ4n) is 4.07. The smallest absolute Gasteiger partial charge is 0.340 e. The molecule has 9 heteroatoms. The molecule has 29 heavy (non-hydrogen) atoms. The van der Waals surface area contributed by atoms with Crippen LogP contribution in [-0.4, -0.2) is 58.7 Å². The highest BCUT2D eigenvalue weighted by Gasteiger charge is 2.34. The number of carbonyl (C=O) groups is 1. The monoisotopic (exact) mass is 444 g/mol. The Morgan fingerprint density at radius 2 is 2.14 bits per heavy atom. The first-order valence-corrected chi connectivity index (χ1v) is 12.8. The van der Waals surface area contributed by atoms with E-state index in [1.807, 2.05) is 0 Å². The zero-order valence-corrected chi connectivity index (χ0v) is 19.2. The normalized spacial score (nSPS) is 20.2. The summed E-state index contributed by atoms with van der Waals surface area (Å²) >= 11 is 1.21. The van der Waals surface area contributed by atoms with Gasteiger partial charge in [0.05, 0.1) is 18.8 Å². The predicted molar refractivity (Wildman–Crippen MR) is 113 cm³/mol. The molecule has 7 nitrogen and oxygen atoms in total. The highest BCUT2D eigenvalue weighted by molar-refractivity contribution is 7.91. The van der Waals surface area contributed by atoms with Crippen molar-refractivity contribution in [1.29, 1.82) is 0 Å². The van der Waals surface area contributed by atoms with Gasteiger partial charge in [0.25, 0.3) is 10.0 Å². The molecule has 1 saturated heterocycles. The van der Waals surface area contributed by atoms with Crippen LogP contribution in [0, 0.1) is 5.92 Å². The number of methoxy groups -OCH3 is 1. The molecule has 2 aliphatic heterocycles. The standard InChI is InChI=1S/C20H32N2O5S2/c1-4-14(5-2)12-22-9-8-16-17(13-22)28-20(18(16)19(23)26-3)29(24,25)21-11-15-7-6-10-27-15/h14-15,21H,4-13H2,1-3H3. The van der Waals surface area contributed by atoms with Crippen molar-refractivity contribution in [3.05, 3.63) is 16.0 Å². The van der Waals surface area contributed by atoms with Crippen molar-refractivity contribution >= 4 is 27.3 Å². The average Bonchev–Trinajstić information content (AvgIpc) is 3.37. The summed E-state index contributed by atoms with van der Waals surface area (Å²) < 4.78 is 39.2.